The SMILES string of the molecule is [13CH3][13CH]([13CH3])[13CH3]. The molecule has 0 aliphatic carbocycles. The van der Waals surface area contributed by atoms with E-state index in [4.69, 9.17) is 0 Å². The lowest BCUT2D eigenvalue weighted by Gasteiger charge is -1.79. The van der Waals surface area contributed by atoms with E-state index in [1.807, 2.05) is 0 Å². The molecule has 0 amide bonds. The van der Waals surface area contributed by atoms with E-state index in [9.17, 15) is 0 Å². The molecule has 0 aromatic heterocycles. The van der Waals surface area contributed by atoms with Crippen LogP contribution in [-0.2, 0) is 0 Å². The van der Waals surface area contributed by atoms with Crippen LogP contribution in [0.1, 0.15) is 20.8 Å². The van der Waals surface area contributed by atoms with Crippen molar-refractivity contribution in [2.24, 2.45) is 5.92 Å². The Bertz CT molecular complexity index is 4.75. The van der Waals surface area contributed by atoms with Crippen molar-refractivity contribution in [3.8, 4) is 0 Å². The van der Waals surface area contributed by atoms with Crippen LogP contribution in [0, 0.1) is 5.92 Å². The second kappa shape index (κ2) is 1.33. The summed E-state index contributed by atoms with van der Waals surface area (Å²) in [6.45, 7) is 6.50. The molecule has 0 bridgehead atoms. The molecular formula is C4H10. The van der Waals surface area contributed by atoms with Crippen molar-refractivity contribution in [2.75, 3.05) is 0 Å². The summed E-state index contributed by atoms with van der Waals surface area (Å²) in [5.74, 6) is 0.833. The summed E-state index contributed by atoms with van der Waals surface area (Å²) in [6.07, 6.45) is 0. The minimum absolute atomic E-state index is 0.833. The summed E-state index contributed by atoms with van der Waals surface area (Å²) in [5.41, 5.74) is 0. The van der Waals surface area contributed by atoms with Gasteiger partial charge < -0.3 is 0 Å². The molecule has 4 heavy (non-hydrogen) atoms. The van der Waals surface area contributed by atoms with Crippen molar-refractivity contribution in [2.45, 2.75) is 20.8 Å². The van der Waals surface area contributed by atoms with E-state index in [1.54, 1.807) is 0 Å². The molecule has 0 aliphatic heterocycles. The summed E-state index contributed by atoms with van der Waals surface area (Å²) in [7, 11) is 0. The number of hydrogen-bond acceptors (Lipinski definition) is 0. The molecule has 0 heteroatoms. The van der Waals surface area contributed by atoms with Gasteiger partial charge in [0.1, 0.15) is 0 Å². The summed E-state index contributed by atoms with van der Waals surface area (Å²) in [4.78, 5) is 0. The molecule has 0 aromatic rings. The van der Waals surface area contributed by atoms with Crippen LogP contribution in [0.5, 0.6) is 0 Å². The van der Waals surface area contributed by atoms with E-state index < -0.39 is 0 Å². The highest BCUT2D eigenvalue weighted by molar-refractivity contribution is 4.20. The molecule has 0 atom stereocenters. The van der Waals surface area contributed by atoms with E-state index >= 15 is 0 Å². The first-order chi connectivity index (χ1) is 1.73. The van der Waals surface area contributed by atoms with E-state index in [-0.39, 0.29) is 0 Å². The van der Waals surface area contributed by atoms with Crippen LogP contribution in [0.25, 0.3) is 0 Å². The maximum atomic E-state index is 2.17. The van der Waals surface area contributed by atoms with Gasteiger partial charge in [-0.25, -0.2) is 0 Å². The first-order valence-corrected chi connectivity index (χ1v) is 1.73. The van der Waals surface area contributed by atoms with Crippen molar-refractivity contribution in [3.05, 3.63) is 0 Å². The van der Waals surface area contributed by atoms with Gasteiger partial charge in [0.05, 0.1) is 0 Å². The predicted octanol–water partition coefficient (Wildman–Crippen LogP) is 1.66. The molecule has 0 nitrogen and oxygen atoms in total. The van der Waals surface area contributed by atoms with Crippen LogP contribution in [0.15, 0.2) is 0 Å². The molecule has 0 rings (SSSR count). The van der Waals surface area contributed by atoms with E-state index in [0.29, 0.717) is 0 Å². The van der Waals surface area contributed by atoms with Crippen LogP contribution >= 0.6 is 0 Å². The second-order valence-electron chi connectivity index (χ2n) is 1.73. The van der Waals surface area contributed by atoms with Crippen molar-refractivity contribution < 1.29 is 0 Å². The second-order valence-corrected chi connectivity index (χ2v) is 1.73. The first-order valence-electron chi connectivity index (χ1n) is 1.73. The van der Waals surface area contributed by atoms with Crippen LogP contribution in [0.4, 0.5) is 0 Å². The molecule has 0 radical (unpaired) electrons. The zero-order chi connectivity index (χ0) is 3.58. The van der Waals surface area contributed by atoms with Gasteiger partial charge in [-0.3, -0.25) is 0 Å². The molecule has 0 saturated carbocycles. The van der Waals surface area contributed by atoms with Crippen LogP contribution < -0.4 is 0 Å². The van der Waals surface area contributed by atoms with Gasteiger partial charge in [0, 0.05) is 0 Å². The monoisotopic (exact) mass is 62.1 g/mol. The molecule has 0 saturated heterocycles. The van der Waals surface area contributed by atoms with Crippen molar-refractivity contribution in [1.29, 1.82) is 0 Å². The summed E-state index contributed by atoms with van der Waals surface area (Å²) < 4.78 is 0. The Balaban J connectivity index is 2.32. The van der Waals surface area contributed by atoms with Crippen LogP contribution in [0.2, 0.25) is 0 Å². The standard InChI is InChI=1S/C4H10/c1-4(2)3/h4H,1-3H3/i1+1,2+1,3+1,4+1. The highest BCUT2D eigenvalue weighted by Gasteiger charge is 1.68. The first kappa shape index (κ1) is 4.00. The summed E-state index contributed by atoms with van der Waals surface area (Å²) in [6, 6.07) is 0. The van der Waals surface area contributed by atoms with Crippen molar-refractivity contribution in [1.82, 2.24) is 0 Å². The molecule has 0 N–H and O–H groups in total. The quantitative estimate of drug-likeness (QED) is 0.374. The maximum Gasteiger partial charge on any atom is -0.0500 e. The average molecular weight is 62.1 g/mol. The van der Waals surface area contributed by atoms with Gasteiger partial charge in [-0.05, 0) is 5.92 Å². The van der Waals surface area contributed by atoms with Gasteiger partial charge in [-0.2, -0.15) is 0 Å². The van der Waals surface area contributed by atoms with Crippen LogP contribution in [0.3, 0.4) is 0 Å². The Morgan fingerprint density at radius 3 is 1.00 bits per heavy atom. The van der Waals surface area contributed by atoms with Gasteiger partial charge >= 0.3 is 0 Å². The van der Waals surface area contributed by atoms with Crippen molar-refractivity contribution >= 4 is 0 Å². The minimum Gasteiger partial charge on any atom is -0.0630 e. The Hall–Kier alpha value is 0. The Kier molecular flexibility index (Phi) is 1.33. The summed E-state index contributed by atoms with van der Waals surface area (Å²) >= 11 is 0. The Morgan fingerprint density at radius 2 is 1.00 bits per heavy atom. The molecule has 0 spiro atoms. The molecule has 0 fully saturated rings. The zero-order valence-electron chi connectivity index (χ0n) is 3.58. The van der Waals surface area contributed by atoms with E-state index in [0.717, 1.165) is 5.92 Å². The van der Waals surface area contributed by atoms with Gasteiger partial charge in [0.15, 0.2) is 0 Å². The van der Waals surface area contributed by atoms with Gasteiger partial charge in [0.25, 0.3) is 0 Å². The lowest BCUT2D eigenvalue weighted by molar-refractivity contribution is 0.737. The molecule has 0 unspecified atom stereocenters. The third kappa shape index (κ3) is 0. The largest absolute Gasteiger partial charge is 0.0630 e. The third-order valence-electron chi connectivity index (χ3n) is 0. The lowest BCUT2D eigenvalue weighted by atomic mass is 11.3. The Morgan fingerprint density at radius 1 is 1.00 bits per heavy atom. The summed E-state index contributed by atoms with van der Waals surface area (Å²) in [5, 5.41) is 0. The highest BCUT2D eigenvalue weighted by Crippen LogP contribution is 1.81. The van der Waals surface area contributed by atoms with Crippen LogP contribution in [-0.4, -0.2) is 0 Å². The van der Waals surface area contributed by atoms with Gasteiger partial charge in [-0.15, -0.1) is 0 Å². The smallest absolute Gasteiger partial charge is 0.0500 e. The molecular weight excluding hydrogens is 52.0 g/mol. The fraction of sp³-hybridized carbons (Fsp3) is 1.00. The zero-order valence-corrected chi connectivity index (χ0v) is 3.58. The third-order valence-corrected chi connectivity index (χ3v) is 0. The molecule has 0 aromatic carbocycles. The Labute approximate surface area is 27.8 Å². The fourth-order valence-corrected chi connectivity index (χ4v) is 0. The number of hydrogen-bond donors (Lipinski definition) is 0. The average Bonchev–Trinajstić information content (AvgIpc) is 0.811. The fourth-order valence-electron chi connectivity index (χ4n) is 0. The minimum atomic E-state index is 0.833. The lowest BCUT2D eigenvalue weighted by Crippen LogP contribution is -1.66. The molecule has 0 heterocycles. The molecule has 26 valence electrons. The van der Waals surface area contributed by atoms with Crippen molar-refractivity contribution in [3.63, 3.8) is 0 Å². The van der Waals surface area contributed by atoms with E-state index in [2.05, 4.69) is 20.8 Å². The number of rotatable bonds is 0. The maximum absolute atomic E-state index is 2.17. The highest BCUT2D eigenvalue weighted by atomic mass is 14.7. The predicted molar refractivity (Wildman–Crippen MR) is 20.5 cm³/mol. The van der Waals surface area contributed by atoms with Gasteiger partial charge in [0.2, 0.25) is 0 Å². The van der Waals surface area contributed by atoms with E-state index in [1.165, 1.54) is 0 Å². The molecule has 0 aliphatic rings. The van der Waals surface area contributed by atoms with Gasteiger partial charge in [-0.1, -0.05) is 20.8 Å². The normalized spacial score (nSPS) is 9.00. The topological polar surface area (TPSA) is 0 Å².